The molecular weight excluding hydrogens is 657 g/mol. The van der Waals surface area contributed by atoms with Crippen molar-refractivity contribution in [1.82, 2.24) is 20.5 Å². The number of nitrogens with zero attached hydrogens (tertiary/aromatic N) is 2. The number of hydrogen-bond acceptors (Lipinski definition) is 4. The standard InChI is InChI=1S/C46H52N4OS/c1-9-34-27-50-15-13-35(34)25-43(50)44(40-12-14-47-42-11-10-39(51-8)26-41(40)42)48-45(52)49-46(36-19-28(2)16-29(3)20-36,37-21-30(4)17-31(5)22-37)38-23-32(6)18-33(7)24-38/h9-12,14,16-24,26,34-35,43-44H,1,13,15,25,27H2,2-8H3,(H2,48,49,52)/t34-,35-,43+,44+/m0/s1. The molecule has 3 fully saturated rings. The number of hydrogen-bond donors (Lipinski definition) is 2. The van der Waals surface area contributed by atoms with Crippen LogP contribution >= 0.6 is 12.2 Å². The fourth-order valence-electron chi connectivity index (χ4n) is 9.29. The lowest BCUT2D eigenvalue weighted by molar-refractivity contribution is 0.00425. The Bertz CT molecular complexity index is 1970. The first kappa shape index (κ1) is 35.9. The van der Waals surface area contributed by atoms with Gasteiger partial charge in [0.2, 0.25) is 0 Å². The minimum absolute atomic E-state index is 0.0957. The molecule has 52 heavy (non-hydrogen) atoms. The highest BCUT2D eigenvalue weighted by Crippen LogP contribution is 2.44. The molecule has 0 spiro atoms. The van der Waals surface area contributed by atoms with Crippen LogP contribution in [0, 0.1) is 53.4 Å². The largest absolute Gasteiger partial charge is 0.497 e. The molecule has 5 atom stereocenters. The van der Waals surface area contributed by atoms with Gasteiger partial charge in [-0.2, -0.15) is 0 Å². The first-order valence-electron chi connectivity index (χ1n) is 18.6. The van der Waals surface area contributed by atoms with Gasteiger partial charge in [0.1, 0.15) is 11.3 Å². The Morgan fingerprint density at radius 3 is 1.88 bits per heavy atom. The van der Waals surface area contributed by atoms with Crippen LogP contribution in [0.15, 0.2) is 97.7 Å². The molecule has 2 N–H and O–H groups in total. The smallest absolute Gasteiger partial charge is 0.168 e. The van der Waals surface area contributed by atoms with Crippen molar-refractivity contribution in [3.63, 3.8) is 0 Å². The van der Waals surface area contributed by atoms with Crippen molar-refractivity contribution in [2.75, 3.05) is 20.2 Å². The van der Waals surface area contributed by atoms with E-state index < -0.39 is 5.54 Å². The second-order valence-electron chi connectivity index (χ2n) is 15.5. The number of thiocarbonyl (C=S) groups is 1. The van der Waals surface area contributed by atoms with Gasteiger partial charge in [0.05, 0.1) is 18.7 Å². The summed E-state index contributed by atoms with van der Waals surface area (Å²) in [6.45, 7) is 19.4. The van der Waals surface area contributed by atoms with E-state index in [-0.39, 0.29) is 12.1 Å². The van der Waals surface area contributed by atoms with Crippen molar-refractivity contribution in [1.29, 1.82) is 0 Å². The van der Waals surface area contributed by atoms with Crippen molar-refractivity contribution >= 4 is 28.2 Å². The van der Waals surface area contributed by atoms with Crippen molar-refractivity contribution < 1.29 is 4.74 Å². The van der Waals surface area contributed by atoms with E-state index in [1.165, 1.54) is 45.4 Å². The van der Waals surface area contributed by atoms with Crippen LogP contribution in [0.5, 0.6) is 5.75 Å². The summed E-state index contributed by atoms with van der Waals surface area (Å²) in [5.41, 5.74) is 12.1. The van der Waals surface area contributed by atoms with Crippen LogP contribution in [0.4, 0.5) is 0 Å². The summed E-state index contributed by atoms with van der Waals surface area (Å²) >= 11 is 6.55. The maximum absolute atomic E-state index is 6.55. The molecule has 3 aliphatic rings. The normalized spacial score (nSPS) is 20.4. The lowest BCUT2D eigenvalue weighted by Crippen LogP contribution is -2.59. The summed E-state index contributed by atoms with van der Waals surface area (Å²) in [6, 6.07) is 29.1. The molecule has 1 unspecified atom stereocenters. The van der Waals surface area contributed by atoms with Gasteiger partial charge in [-0.05, 0) is 132 Å². The third-order valence-corrected chi connectivity index (χ3v) is 11.6. The maximum Gasteiger partial charge on any atom is 0.168 e. The Balaban J connectivity index is 1.41. The van der Waals surface area contributed by atoms with Gasteiger partial charge in [-0.3, -0.25) is 9.88 Å². The van der Waals surface area contributed by atoms with Crippen LogP contribution in [0.3, 0.4) is 0 Å². The molecule has 6 heteroatoms. The number of methoxy groups -OCH3 is 1. The number of nitrogens with one attached hydrogen (secondary N) is 2. The number of ether oxygens (including phenoxy) is 1. The van der Waals surface area contributed by atoms with Crippen LogP contribution in [0.1, 0.15) is 74.5 Å². The molecule has 268 valence electrons. The van der Waals surface area contributed by atoms with Gasteiger partial charge in [-0.15, -0.1) is 6.58 Å². The van der Waals surface area contributed by atoms with E-state index in [1.807, 2.05) is 12.3 Å². The third-order valence-electron chi connectivity index (χ3n) is 11.4. The minimum Gasteiger partial charge on any atom is -0.497 e. The van der Waals surface area contributed by atoms with Crippen molar-refractivity contribution in [3.8, 4) is 5.75 Å². The van der Waals surface area contributed by atoms with Crippen LogP contribution in [0.2, 0.25) is 0 Å². The van der Waals surface area contributed by atoms with Gasteiger partial charge in [0.15, 0.2) is 5.11 Å². The van der Waals surface area contributed by atoms with Gasteiger partial charge in [-0.1, -0.05) is 94.1 Å². The molecule has 4 aromatic carbocycles. The molecule has 0 saturated carbocycles. The van der Waals surface area contributed by atoms with Crippen molar-refractivity contribution in [2.45, 2.75) is 72.0 Å². The van der Waals surface area contributed by atoms with Gasteiger partial charge < -0.3 is 15.4 Å². The summed E-state index contributed by atoms with van der Waals surface area (Å²) in [7, 11) is 1.72. The monoisotopic (exact) mass is 708 g/mol. The van der Waals surface area contributed by atoms with E-state index in [1.54, 1.807) is 7.11 Å². The quantitative estimate of drug-likeness (QED) is 0.0904. The second-order valence-corrected chi connectivity index (χ2v) is 15.9. The summed E-state index contributed by atoms with van der Waals surface area (Å²) in [5, 5.41) is 9.74. The lowest BCUT2D eigenvalue weighted by atomic mass is 9.73. The molecule has 1 aromatic heterocycles. The van der Waals surface area contributed by atoms with Crippen LogP contribution in [-0.2, 0) is 5.54 Å². The Hall–Kier alpha value is -4.52. The predicted octanol–water partition coefficient (Wildman–Crippen LogP) is 9.49. The highest BCUT2D eigenvalue weighted by atomic mass is 32.1. The molecular formula is C46H52N4OS. The molecule has 5 aromatic rings. The van der Waals surface area contributed by atoms with E-state index in [0.717, 1.165) is 52.9 Å². The fraction of sp³-hybridized carbons (Fsp3) is 0.348. The number of benzene rings is 4. The first-order chi connectivity index (χ1) is 25.0. The lowest BCUT2D eigenvalue weighted by Gasteiger charge is -2.52. The van der Waals surface area contributed by atoms with Crippen LogP contribution < -0.4 is 15.4 Å². The van der Waals surface area contributed by atoms with E-state index in [2.05, 4.69) is 143 Å². The summed E-state index contributed by atoms with van der Waals surface area (Å²) in [6.07, 6.45) is 6.37. The maximum atomic E-state index is 6.55. The van der Waals surface area contributed by atoms with Crippen LogP contribution in [0.25, 0.3) is 10.9 Å². The number of rotatable bonds is 9. The highest BCUT2D eigenvalue weighted by molar-refractivity contribution is 7.80. The molecule has 4 heterocycles. The van der Waals surface area contributed by atoms with Gasteiger partial charge in [0, 0.05) is 24.2 Å². The van der Waals surface area contributed by atoms with Gasteiger partial charge in [0.25, 0.3) is 0 Å². The zero-order valence-electron chi connectivity index (χ0n) is 31.7. The Morgan fingerprint density at radius 1 is 0.846 bits per heavy atom. The van der Waals surface area contributed by atoms with E-state index in [0.29, 0.717) is 16.9 Å². The zero-order valence-corrected chi connectivity index (χ0v) is 32.5. The Labute approximate surface area is 315 Å². The van der Waals surface area contributed by atoms with Gasteiger partial charge in [-0.25, -0.2) is 0 Å². The fourth-order valence-corrected chi connectivity index (χ4v) is 9.57. The average Bonchev–Trinajstić information content (AvgIpc) is 3.11. The zero-order chi connectivity index (χ0) is 36.7. The van der Waals surface area contributed by atoms with Gasteiger partial charge >= 0.3 is 0 Å². The van der Waals surface area contributed by atoms with Crippen molar-refractivity contribution in [3.05, 3.63) is 153 Å². The molecule has 5 nitrogen and oxygen atoms in total. The Kier molecular flexibility index (Phi) is 9.99. The second kappa shape index (κ2) is 14.5. The molecule has 3 saturated heterocycles. The Morgan fingerprint density at radius 2 is 1.40 bits per heavy atom. The molecule has 0 radical (unpaired) electrons. The third kappa shape index (κ3) is 6.87. The predicted molar refractivity (Wildman–Crippen MR) is 219 cm³/mol. The SMILES string of the molecule is C=C[C@H]1CN2CC[C@H]1C[C@@H]2[C@H](NC(=S)NC(c1cc(C)cc(C)c1)(c1cc(C)cc(C)c1)c1cc(C)cc(C)c1)c1ccnc2ccc(OC)cc12. The number of pyridine rings is 1. The minimum atomic E-state index is -0.775. The molecule has 8 rings (SSSR count). The van der Waals surface area contributed by atoms with E-state index in [4.69, 9.17) is 21.9 Å². The first-order valence-corrected chi connectivity index (χ1v) is 19.0. The molecule has 0 amide bonds. The summed E-state index contributed by atoms with van der Waals surface area (Å²) in [5.74, 6) is 1.93. The number of aryl methyl sites for hydroxylation is 6. The number of piperidine rings is 3. The summed E-state index contributed by atoms with van der Waals surface area (Å²) in [4.78, 5) is 7.42. The van der Waals surface area contributed by atoms with Crippen LogP contribution in [-0.4, -0.2) is 41.2 Å². The summed E-state index contributed by atoms with van der Waals surface area (Å²) < 4.78 is 5.72. The number of aromatic nitrogens is 1. The van der Waals surface area contributed by atoms with E-state index in [9.17, 15) is 0 Å². The average molecular weight is 709 g/mol. The molecule has 2 bridgehead atoms. The molecule has 3 aliphatic heterocycles. The highest BCUT2D eigenvalue weighted by Gasteiger charge is 2.44. The number of fused-ring (bicyclic) bond motifs is 4. The molecule has 0 aliphatic carbocycles. The topological polar surface area (TPSA) is 49.4 Å². The van der Waals surface area contributed by atoms with E-state index >= 15 is 0 Å². The van der Waals surface area contributed by atoms with Crippen molar-refractivity contribution in [2.24, 2.45) is 11.8 Å².